The molecule has 1 N–H and O–H groups in total. The molecular weight excluding hydrogens is 388 g/mol. The zero-order valence-corrected chi connectivity index (χ0v) is 17.1. The molecule has 1 aliphatic rings. The van der Waals surface area contributed by atoms with E-state index in [-0.39, 0.29) is 18.2 Å². The molecule has 6 heteroatoms. The van der Waals surface area contributed by atoms with E-state index in [2.05, 4.69) is 16.8 Å². The van der Waals surface area contributed by atoms with Crippen LogP contribution < -0.4 is 4.90 Å². The van der Waals surface area contributed by atoms with Crippen LogP contribution in [0.5, 0.6) is 0 Å². The number of carbonyl (C=O) groups is 2. The average molecular weight is 413 g/mol. The lowest BCUT2D eigenvalue weighted by atomic mass is 10.0. The van der Waals surface area contributed by atoms with Crippen LogP contribution in [-0.2, 0) is 4.79 Å². The first kappa shape index (κ1) is 22.4. The van der Waals surface area contributed by atoms with Crippen LogP contribution in [0, 0.1) is 0 Å². The van der Waals surface area contributed by atoms with Crippen molar-refractivity contribution in [2.45, 2.75) is 0 Å². The lowest BCUT2D eigenvalue weighted by Gasteiger charge is -2.34. The molecule has 0 atom stereocenters. The Balaban J connectivity index is 0.00000300. The van der Waals surface area contributed by atoms with E-state index in [4.69, 9.17) is 5.11 Å². The monoisotopic (exact) mass is 412 g/mol. The molecule has 2 aromatic carbocycles. The number of halogens is 1. The van der Waals surface area contributed by atoms with Gasteiger partial charge in [-0.2, -0.15) is 0 Å². The van der Waals surface area contributed by atoms with Gasteiger partial charge in [0.15, 0.2) is 5.78 Å². The molecule has 1 heterocycles. The summed E-state index contributed by atoms with van der Waals surface area (Å²) in [6.07, 6.45) is 6.02. The number of carbonyl (C=O) groups excluding carboxylic acids is 1. The topological polar surface area (TPSA) is 60.9 Å². The summed E-state index contributed by atoms with van der Waals surface area (Å²) in [6.45, 7) is 3.80. The van der Waals surface area contributed by atoms with Crippen LogP contribution in [-0.4, -0.2) is 55.0 Å². The van der Waals surface area contributed by atoms with Crippen LogP contribution in [0.15, 0.2) is 60.7 Å². The van der Waals surface area contributed by atoms with Gasteiger partial charge in [-0.05, 0) is 42.5 Å². The highest BCUT2D eigenvalue weighted by Gasteiger charge is 2.18. The Hall–Kier alpha value is -2.89. The van der Waals surface area contributed by atoms with Crippen molar-refractivity contribution in [2.75, 3.05) is 38.1 Å². The number of anilines is 1. The Kier molecular flexibility index (Phi) is 8.19. The molecule has 1 fully saturated rings. The molecule has 0 aromatic heterocycles. The quantitative estimate of drug-likeness (QED) is 0.576. The van der Waals surface area contributed by atoms with Crippen LogP contribution in [0.4, 0.5) is 5.69 Å². The minimum Gasteiger partial charge on any atom is -0.478 e. The molecule has 0 amide bonds. The fourth-order valence-corrected chi connectivity index (χ4v) is 3.15. The first-order valence-electron chi connectivity index (χ1n) is 9.29. The number of allylic oxidation sites excluding steroid dienone is 1. The summed E-state index contributed by atoms with van der Waals surface area (Å²) >= 11 is 0. The van der Waals surface area contributed by atoms with Crippen molar-refractivity contribution in [2.24, 2.45) is 0 Å². The molecule has 0 radical (unpaired) electrons. The molecule has 0 saturated carbocycles. The van der Waals surface area contributed by atoms with Gasteiger partial charge in [0.25, 0.3) is 0 Å². The van der Waals surface area contributed by atoms with Crippen molar-refractivity contribution in [3.8, 4) is 0 Å². The van der Waals surface area contributed by atoms with E-state index in [1.165, 1.54) is 6.08 Å². The third-order valence-electron chi connectivity index (χ3n) is 4.80. The molecule has 5 nitrogen and oxygen atoms in total. The number of benzene rings is 2. The van der Waals surface area contributed by atoms with E-state index in [1.807, 2.05) is 48.5 Å². The number of piperazine rings is 1. The second-order valence-electron chi connectivity index (χ2n) is 6.84. The van der Waals surface area contributed by atoms with Crippen LogP contribution in [0.1, 0.15) is 21.5 Å². The number of carboxylic acids is 1. The highest BCUT2D eigenvalue weighted by Crippen LogP contribution is 2.23. The molecule has 152 valence electrons. The van der Waals surface area contributed by atoms with Crippen molar-refractivity contribution >= 4 is 42.0 Å². The van der Waals surface area contributed by atoms with Gasteiger partial charge < -0.3 is 14.9 Å². The van der Waals surface area contributed by atoms with Gasteiger partial charge in [0, 0.05) is 43.5 Å². The van der Waals surface area contributed by atoms with Gasteiger partial charge in [0.2, 0.25) is 0 Å². The van der Waals surface area contributed by atoms with Gasteiger partial charge in [-0.1, -0.05) is 42.5 Å². The number of hydrogen-bond donors (Lipinski definition) is 1. The van der Waals surface area contributed by atoms with Gasteiger partial charge in [-0.25, -0.2) is 4.79 Å². The number of nitrogens with zero attached hydrogens (tertiary/aromatic N) is 2. The van der Waals surface area contributed by atoms with Crippen LogP contribution in [0.25, 0.3) is 12.2 Å². The average Bonchev–Trinajstić information content (AvgIpc) is 2.72. The molecule has 1 saturated heterocycles. The van der Waals surface area contributed by atoms with E-state index in [1.54, 1.807) is 12.2 Å². The Morgan fingerprint density at radius 1 is 0.862 bits per heavy atom. The normalized spacial score (nSPS) is 14.9. The standard InChI is InChI=1S/C23H24N2O3.ClH/c1-24-14-16-25(17-15-24)21-5-3-2-4-20(21)22(26)12-10-18-6-8-19(9-7-18)11-13-23(27)28;/h2-13H,14-17H2,1H3,(H,27,28);1H/b12-10+,13-11+;. The third-order valence-corrected chi connectivity index (χ3v) is 4.80. The second kappa shape index (κ2) is 10.6. The van der Waals surface area contributed by atoms with E-state index in [9.17, 15) is 9.59 Å². The molecule has 0 aliphatic carbocycles. The van der Waals surface area contributed by atoms with E-state index in [0.717, 1.165) is 49.1 Å². The lowest BCUT2D eigenvalue weighted by molar-refractivity contribution is -0.131. The number of ketones is 1. The Morgan fingerprint density at radius 3 is 2.00 bits per heavy atom. The Bertz CT molecular complexity index is 899. The van der Waals surface area contributed by atoms with Gasteiger partial charge in [0.1, 0.15) is 0 Å². The summed E-state index contributed by atoms with van der Waals surface area (Å²) in [5, 5.41) is 8.67. The van der Waals surface area contributed by atoms with Crippen LogP contribution in [0.3, 0.4) is 0 Å². The highest BCUT2D eigenvalue weighted by atomic mass is 35.5. The second-order valence-corrected chi connectivity index (χ2v) is 6.84. The van der Waals surface area contributed by atoms with Gasteiger partial charge >= 0.3 is 5.97 Å². The molecular formula is C23H25ClN2O3. The summed E-state index contributed by atoms with van der Waals surface area (Å²) in [4.78, 5) is 27.9. The van der Waals surface area contributed by atoms with Crippen molar-refractivity contribution < 1.29 is 14.7 Å². The zero-order valence-electron chi connectivity index (χ0n) is 16.3. The molecule has 1 aliphatic heterocycles. The Morgan fingerprint density at radius 2 is 1.41 bits per heavy atom. The van der Waals surface area contributed by atoms with Gasteiger partial charge in [-0.15, -0.1) is 12.4 Å². The fourth-order valence-electron chi connectivity index (χ4n) is 3.15. The van der Waals surface area contributed by atoms with Gasteiger partial charge in [-0.3, -0.25) is 4.79 Å². The van der Waals surface area contributed by atoms with Crippen LogP contribution >= 0.6 is 12.4 Å². The summed E-state index contributed by atoms with van der Waals surface area (Å²) in [7, 11) is 2.11. The highest BCUT2D eigenvalue weighted by molar-refractivity contribution is 6.10. The summed E-state index contributed by atoms with van der Waals surface area (Å²) < 4.78 is 0. The number of para-hydroxylation sites is 1. The summed E-state index contributed by atoms with van der Waals surface area (Å²) in [6, 6.07) is 15.1. The maximum absolute atomic E-state index is 12.8. The minimum atomic E-state index is -0.978. The molecule has 0 bridgehead atoms. The predicted molar refractivity (Wildman–Crippen MR) is 120 cm³/mol. The smallest absolute Gasteiger partial charge is 0.328 e. The number of rotatable bonds is 6. The van der Waals surface area contributed by atoms with Crippen molar-refractivity contribution in [3.63, 3.8) is 0 Å². The number of aliphatic carboxylic acids is 1. The lowest BCUT2D eigenvalue weighted by Crippen LogP contribution is -2.44. The Labute approximate surface area is 177 Å². The van der Waals surface area contributed by atoms with Crippen molar-refractivity contribution in [1.82, 2.24) is 4.90 Å². The molecule has 0 spiro atoms. The van der Waals surface area contributed by atoms with Gasteiger partial charge in [0.05, 0.1) is 0 Å². The maximum Gasteiger partial charge on any atom is 0.328 e. The first-order valence-corrected chi connectivity index (χ1v) is 9.29. The van der Waals surface area contributed by atoms with Crippen molar-refractivity contribution in [3.05, 3.63) is 77.4 Å². The minimum absolute atomic E-state index is 0. The third kappa shape index (κ3) is 6.31. The zero-order chi connectivity index (χ0) is 19.9. The van der Waals surface area contributed by atoms with E-state index in [0.29, 0.717) is 5.56 Å². The first-order chi connectivity index (χ1) is 13.5. The predicted octanol–water partition coefficient (Wildman–Crippen LogP) is 3.85. The fraction of sp³-hybridized carbons (Fsp3) is 0.217. The van der Waals surface area contributed by atoms with Crippen LogP contribution in [0.2, 0.25) is 0 Å². The SMILES string of the molecule is CN1CCN(c2ccccc2C(=O)/C=C/c2ccc(/C=C/C(=O)O)cc2)CC1.Cl. The van der Waals surface area contributed by atoms with E-state index < -0.39 is 5.97 Å². The number of likely N-dealkylation sites (N-methyl/N-ethyl adjacent to an activating group) is 1. The maximum atomic E-state index is 12.8. The van der Waals surface area contributed by atoms with Crippen molar-refractivity contribution in [1.29, 1.82) is 0 Å². The molecule has 3 rings (SSSR count). The molecule has 0 unspecified atom stereocenters. The number of hydrogen-bond acceptors (Lipinski definition) is 4. The molecule has 2 aromatic rings. The summed E-state index contributed by atoms with van der Waals surface area (Å²) in [5.41, 5.74) is 3.38. The molecule has 29 heavy (non-hydrogen) atoms. The largest absolute Gasteiger partial charge is 0.478 e. The summed E-state index contributed by atoms with van der Waals surface area (Å²) in [5.74, 6) is -1.00. The number of carboxylic acid groups (broad SMARTS) is 1. The van der Waals surface area contributed by atoms with E-state index >= 15 is 0 Å².